The summed E-state index contributed by atoms with van der Waals surface area (Å²) >= 11 is 0. The average Bonchev–Trinajstić information content (AvgIpc) is 2.56. The lowest BCUT2D eigenvalue weighted by Gasteiger charge is -2.10. The number of nitrogens with zero attached hydrogens (tertiary/aromatic N) is 1. The average molecular weight is 230 g/mol. The number of aliphatic imine (C=N–C) groups is 1. The van der Waals surface area contributed by atoms with Crippen LogP contribution in [0.2, 0.25) is 0 Å². The summed E-state index contributed by atoms with van der Waals surface area (Å²) in [5.74, 6) is 1.55. The first-order valence-corrected chi connectivity index (χ1v) is 6.64. The smallest absolute Gasteiger partial charge is 0.125 e. The lowest BCUT2D eigenvalue weighted by atomic mass is 10.0. The molecule has 0 radical (unpaired) electrons. The van der Waals surface area contributed by atoms with Crippen molar-refractivity contribution < 1.29 is 0 Å². The second-order valence-corrected chi connectivity index (χ2v) is 5.15. The van der Waals surface area contributed by atoms with Gasteiger partial charge in [0.2, 0.25) is 0 Å². The number of rotatable bonds is 2. The Morgan fingerprint density at radius 2 is 1.88 bits per heavy atom. The van der Waals surface area contributed by atoms with Gasteiger partial charge in [-0.3, -0.25) is 4.99 Å². The fourth-order valence-corrected chi connectivity index (χ4v) is 2.48. The molecule has 2 nitrogen and oxygen atoms in total. The van der Waals surface area contributed by atoms with Crippen LogP contribution in [0.3, 0.4) is 0 Å². The Hall–Kier alpha value is -1.31. The van der Waals surface area contributed by atoms with Gasteiger partial charge in [0.1, 0.15) is 5.84 Å². The first-order valence-electron chi connectivity index (χ1n) is 6.64. The molecule has 1 aromatic rings. The summed E-state index contributed by atoms with van der Waals surface area (Å²) in [6, 6.07) is 10.5. The molecular weight excluding hydrogens is 208 g/mol. The Morgan fingerprint density at radius 1 is 1.12 bits per heavy atom. The van der Waals surface area contributed by atoms with E-state index in [2.05, 4.69) is 6.92 Å². The van der Waals surface area contributed by atoms with Crippen molar-refractivity contribution in [1.29, 1.82) is 0 Å². The van der Waals surface area contributed by atoms with Crippen LogP contribution in [0.4, 0.5) is 0 Å². The highest BCUT2D eigenvalue weighted by molar-refractivity contribution is 5.97. The molecule has 2 N–H and O–H groups in total. The number of nitrogens with two attached hydrogens (primary N) is 1. The molecule has 0 heterocycles. The molecule has 2 heteroatoms. The van der Waals surface area contributed by atoms with Crippen LogP contribution < -0.4 is 5.73 Å². The SMILES string of the molecule is CC1CCCC(N=C(N)c2ccccc2)CC1. The minimum Gasteiger partial charge on any atom is -0.383 e. The second kappa shape index (κ2) is 5.85. The zero-order valence-electron chi connectivity index (χ0n) is 10.6. The number of hydrogen-bond donors (Lipinski definition) is 1. The van der Waals surface area contributed by atoms with Crippen LogP contribution >= 0.6 is 0 Å². The molecule has 92 valence electrons. The monoisotopic (exact) mass is 230 g/mol. The molecule has 0 spiro atoms. The van der Waals surface area contributed by atoms with E-state index in [9.17, 15) is 0 Å². The van der Waals surface area contributed by atoms with Gasteiger partial charge in [-0.05, 0) is 25.2 Å². The predicted molar refractivity (Wildman–Crippen MR) is 73.2 cm³/mol. The van der Waals surface area contributed by atoms with Crippen molar-refractivity contribution in [2.45, 2.75) is 45.1 Å². The molecule has 1 aliphatic carbocycles. The predicted octanol–water partition coefficient (Wildman–Crippen LogP) is 3.36. The molecular formula is C15H22N2. The molecule has 0 aliphatic heterocycles. The van der Waals surface area contributed by atoms with Gasteiger partial charge in [-0.15, -0.1) is 0 Å². The van der Waals surface area contributed by atoms with Gasteiger partial charge >= 0.3 is 0 Å². The zero-order chi connectivity index (χ0) is 12.1. The van der Waals surface area contributed by atoms with Crippen molar-refractivity contribution in [1.82, 2.24) is 0 Å². The molecule has 0 saturated heterocycles. The Morgan fingerprint density at radius 3 is 2.65 bits per heavy atom. The van der Waals surface area contributed by atoms with Crippen LogP contribution in [-0.2, 0) is 0 Å². The minimum absolute atomic E-state index is 0.431. The standard InChI is InChI=1S/C15H22N2/c1-12-6-5-9-14(11-10-12)17-15(16)13-7-3-2-4-8-13/h2-4,7-8,12,14H,5-6,9-11H2,1H3,(H2,16,17). The van der Waals surface area contributed by atoms with E-state index in [0.29, 0.717) is 11.9 Å². The van der Waals surface area contributed by atoms with Gasteiger partial charge in [0.25, 0.3) is 0 Å². The van der Waals surface area contributed by atoms with Crippen molar-refractivity contribution in [3.8, 4) is 0 Å². The third-order valence-corrected chi connectivity index (χ3v) is 3.62. The first kappa shape index (κ1) is 12.2. The van der Waals surface area contributed by atoms with Gasteiger partial charge in [0.05, 0.1) is 6.04 Å². The van der Waals surface area contributed by atoms with E-state index in [1.165, 1.54) is 32.1 Å². The second-order valence-electron chi connectivity index (χ2n) is 5.15. The molecule has 0 amide bonds. The summed E-state index contributed by atoms with van der Waals surface area (Å²) in [4.78, 5) is 4.70. The van der Waals surface area contributed by atoms with E-state index in [1.54, 1.807) is 0 Å². The van der Waals surface area contributed by atoms with Crippen molar-refractivity contribution in [2.24, 2.45) is 16.6 Å². The number of amidine groups is 1. The molecule has 2 rings (SSSR count). The van der Waals surface area contributed by atoms with E-state index in [0.717, 1.165) is 11.5 Å². The van der Waals surface area contributed by atoms with Crippen LogP contribution in [0.25, 0.3) is 0 Å². The summed E-state index contributed by atoms with van der Waals surface area (Å²) in [6.45, 7) is 2.34. The zero-order valence-corrected chi connectivity index (χ0v) is 10.6. The number of benzene rings is 1. The van der Waals surface area contributed by atoms with E-state index in [4.69, 9.17) is 10.7 Å². The maximum atomic E-state index is 6.06. The molecule has 1 saturated carbocycles. The topological polar surface area (TPSA) is 38.4 Å². The van der Waals surface area contributed by atoms with Crippen LogP contribution in [0, 0.1) is 5.92 Å². The van der Waals surface area contributed by atoms with Crippen LogP contribution in [0.1, 0.15) is 44.6 Å². The highest BCUT2D eigenvalue weighted by Gasteiger charge is 2.15. The fourth-order valence-electron chi connectivity index (χ4n) is 2.48. The molecule has 1 fully saturated rings. The Balaban J connectivity index is 2.03. The summed E-state index contributed by atoms with van der Waals surface area (Å²) < 4.78 is 0. The third-order valence-electron chi connectivity index (χ3n) is 3.62. The lowest BCUT2D eigenvalue weighted by Crippen LogP contribution is -2.17. The maximum Gasteiger partial charge on any atom is 0.125 e. The summed E-state index contributed by atoms with van der Waals surface area (Å²) in [5, 5.41) is 0. The Kier molecular flexibility index (Phi) is 4.18. The van der Waals surface area contributed by atoms with Gasteiger partial charge in [-0.2, -0.15) is 0 Å². The molecule has 0 aromatic heterocycles. The van der Waals surface area contributed by atoms with E-state index in [-0.39, 0.29) is 0 Å². The normalized spacial score (nSPS) is 26.5. The van der Waals surface area contributed by atoms with E-state index < -0.39 is 0 Å². The van der Waals surface area contributed by atoms with Crippen molar-refractivity contribution in [3.63, 3.8) is 0 Å². The molecule has 1 aromatic carbocycles. The van der Waals surface area contributed by atoms with Crippen molar-refractivity contribution >= 4 is 5.84 Å². The van der Waals surface area contributed by atoms with Gasteiger partial charge in [-0.1, -0.05) is 50.1 Å². The van der Waals surface area contributed by atoms with Gasteiger partial charge in [0, 0.05) is 5.56 Å². The summed E-state index contributed by atoms with van der Waals surface area (Å²) in [5.41, 5.74) is 7.11. The molecule has 2 atom stereocenters. The maximum absolute atomic E-state index is 6.06. The Bertz CT molecular complexity index is 370. The third kappa shape index (κ3) is 3.58. The van der Waals surface area contributed by atoms with Gasteiger partial charge in [-0.25, -0.2) is 0 Å². The molecule has 0 bridgehead atoms. The van der Waals surface area contributed by atoms with Crippen LogP contribution in [-0.4, -0.2) is 11.9 Å². The van der Waals surface area contributed by atoms with E-state index >= 15 is 0 Å². The lowest BCUT2D eigenvalue weighted by molar-refractivity contribution is 0.499. The van der Waals surface area contributed by atoms with Crippen LogP contribution in [0.15, 0.2) is 35.3 Å². The highest BCUT2D eigenvalue weighted by atomic mass is 14.9. The minimum atomic E-state index is 0.431. The van der Waals surface area contributed by atoms with Crippen molar-refractivity contribution in [2.75, 3.05) is 0 Å². The van der Waals surface area contributed by atoms with Crippen LogP contribution in [0.5, 0.6) is 0 Å². The van der Waals surface area contributed by atoms with Gasteiger partial charge in [0.15, 0.2) is 0 Å². The molecule has 2 unspecified atom stereocenters. The van der Waals surface area contributed by atoms with Crippen molar-refractivity contribution in [3.05, 3.63) is 35.9 Å². The summed E-state index contributed by atoms with van der Waals surface area (Å²) in [6.07, 6.45) is 6.30. The number of hydrogen-bond acceptors (Lipinski definition) is 1. The Labute approximate surface area is 104 Å². The van der Waals surface area contributed by atoms with Gasteiger partial charge < -0.3 is 5.73 Å². The largest absolute Gasteiger partial charge is 0.383 e. The molecule has 17 heavy (non-hydrogen) atoms. The summed E-state index contributed by atoms with van der Waals surface area (Å²) in [7, 11) is 0. The van der Waals surface area contributed by atoms with E-state index in [1.807, 2.05) is 30.3 Å². The molecule has 1 aliphatic rings. The quantitative estimate of drug-likeness (QED) is 0.472. The fraction of sp³-hybridized carbons (Fsp3) is 0.533. The highest BCUT2D eigenvalue weighted by Crippen LogP contribution is 2.24. The first-order chi connectivity index (χ1) is 8.25.